The predicted octanol–water partition coefficient (Wildman–Crippen LogP) is 1.66. The van der Waals surface area contributed by atoms with Crippen LogP contribution in [0, 0.1) is 5.92 Å². The molecule has 5 nitrogen and oxygen atoms in total. The highest BCUT2D eigenvalue weighted by molar-refractivity contribution is 5.81. The summed E-state index contributed by atoms with van der Waals surface area (Å²) in [6, 6.07) is 0. The van der Waals surface area contributed by atoms with Gasteiger partial charge in [0.1, 0.15) is 6.10 Å². The van der Waals surface area contributed by atoms with Gasteiger partial charge in [-0.15, -0.1) is 0 Å². The molecule has 0 aromatic heterocycles. The summed E-state index contributed by atoms with van der Waals surface area (Å²) in [5, 5.41) is 8.72. The molecule has 0 bridgehead atoms. The number of aliphatic carboxylic acids is 1. The third-order valence-corrected chi connectivity index (χ3v) is 4.10. The minimum absolute atomic E-state index is 0.101. The summed E-state index contributed by atoms with van der Waals surface area (Å²) >= 11 is 0. The Kier molecular flexibility index (Phi) is 4.80. The second-order valence-corrected chi connectivity index (χ2v) is 5.74. The third kappa shape index (κ3) is 3.93. The van der Waals surface area contributed by atoms with Crippen molar-refractivity contribution in [2.45, 2.75) is 57.7 Å². The second-order valence-electron chi connectivity index (χ2n) is 5.74. The van der Waals surface area contributed by atoms with Crippen LogP contribution in [0.25, 0.3) is 0 Å². The molecule has 0 spiro atoms. The van der Waals surface area contributed by atoms with Crippen LogP contribution in [0.1, 0.15) is 45.4 Å². The number of ether oxygens (including phenoxy) is 1. The summed E-state index contributed by atoms with van der Waals surface area (Å²) in [5.74, 6) is -0.326. The average Bonchev–Trinajstić information content (AvgIpc) is 2.82. The first-order chi connectivity index (χ1) is 9.06. The Bertz CT molecular complexity index is 344. The highest BCUT2D eigenvalue weighted by Gasteiger charge is 2.33. The van der Waals surface area contributed by atoms with Gasteiger partial charge in [0.05, 0.1) is 6.10 Å². The van der Waals surface area contributed by atoms with Gasteiger partial charge in [-0.1, -0.05) is 0 Å². The molecule has 2 rings (SSSR count). The number of rotatable bonds is 4. The number of piperidine rings is 1. The maximum Gasteiger partial charge on any atom is 0.303 e. The minimum atomic E-state index is -0.753. The maximum atomic E-state index is 12.3. The van der Waals surface area contributed by atoms with Crippen LogP contribution < -0.4 is 0 Å². The average molecular weight is 269 g/mol. The van der Waals surface area contributed by atoms with E-state index in [4.69, 9.17) is 9.84 Å². The summed E-state index contributed by atoms with van der Waals surface area (Å²) in [4.78, 5) is 24.8. The van der Waals surface area contributed by atoms with Crippen molar-refractivity contribution < 1.29 is 19.4 Å². The lowest BCUT2D eigenvalue weighted by atomic mass is 9.93. The molecule has 0 aromatic carbocycles. The van der Waals surface area contributed by atoms with Crippen molar-refractivity contribution in [3.8, 4) is 0 Å². The summed E-state index contributed by atoms with van der Waals surface area (Å²) in [6.45, 7) is 3.48. The van der Waals surface area contributed by atoms with E-state index in [0.717, 1.165) is 32.2 Å². The van der Waals surface area contributed by atoms with E-state index in [1.54, 1.807) is 0 Å². The number of carbonyl (C=O) groups excluding carboxylic acids is 1. The van der Waals surface area contributed by atoms with E-state index in [0.29, 0.717) is 18.9 Å². The maximum absolute atomic E-state index is 12.3. The van der Waals surface area contributed by atoms with Crippen molar-refractivity contribution in [2.75, 3.05) is 13.1 Å². The van der Waals surface area contributed by atoms with Crippen LogP contribution >= 0.6 is 0 Å². The van der Waals surface area contributed by atoms with Crippen molar-refractivity contribution in [1.82, 2.24) is 4.90 Å². The first-order valence-corrected chi connectivity index (χ1v) is 7.22. The lowest BCUT2D eigenvalue weighted by Crippen LogP contribution is -2.45. The normalized spacial score (nSPS) is 31.4. The Morgan fingerprint density at radius 1 is 1.32 bits per heavy atom. The van der Waals surface area contributed by atoms with Gasteiger partial charge in [0, 0.05) is 19.5 Å². The van der Waals surface area contributed by atoms with Gasteiger partial charge >= 0.3 is 5.97 Å². The fourth-order valence-electron chi connectivity index (χ4n) is 3.02. The van der Waals surface area contributed by atoms with Crippen LogP contribution in [0.4, 0.5) is 0 Å². The van der Waals surface area contributed by atoms with Crippen molar-refractivity contribution in [3.63, 3.8) is 0 Å². The Balaban J connectivity index is 1.83. The zero-order chi connectivity index (χ0) is 13.8. The lowest BCUT2D eigenvalue weighted by Gasteiger charge is -2.34. The number of carboxylic acid groups (broad SMARTS) is 1. The molecule has 2 saturated heterocycles. The van der Waals surface area contributed by atoms with E-state index >= 15 is 0 Å². The van der Waals surface area contributed by atoms with Gasteiger partial charge in [0.25, 0.3) is 5.91 Å². The van der Waals surface area contributed by atoms with Crippen LogP contribution in [0.15, 0.2) is 0 Å². The van der Waals surface area contributed by atoms with Gasteiger partial charge in [-0.3, -0.25) is 9.59 Å². The number of nitrogens with zero attached hydrogens (tertiary/aromatic N) is 1. The van der Waals surface area contributed by atoms with Gasteiger partial charge in [0.15, 0.2) is 0 Å². The van der Waals surface area contributed by atoms with E-state index in [2.05, 4.69) is 0 Å². The SMILES string of the molecule is C[C@@H]1CC[C@@H](C(=O)N2CCC[C@H](CCC(=O)O)C2)O1. The summed E-state index contributed by atoms with van der Waals surface area (Å²) < 4.78 is 5.62. The number of hydrogen-bond donors (Lipinski definition) is 1. The van der Waals surface area contributed by atoms with Crippen LogP contribution in [0.3, 0.4) is 0 Å². The molecule has 0 unspecified atom stereocenters. The first-order valence-electron chi connectivity index (χ1n) is 7.22. The Labute approximate surface area is 113 Å². The fourth-order valence-corrected chi connectivity index (χ4v) is 3.02. The molecule has 2 aliphatic heterocycles. The van der Waals surface area contributed by atoms with Crippen molar-refractivity contribution >= 4 is 11.9 Å². The first kappa shape index (κ1) is 14.3. The molecule has 5 heteroatoms. The van der Waals surface area contributed by atoms with Gasteiger partial charge in [-0.05, 0) is 44.9 Å². The zero-order valence-electron chi connectivity index (χ0n) is 11.5. The fraction of sp³-hybridized carbons (Fsp3) is 0.857. The molecule has 108 valence electrons. The van der Waals surface area contributed by atoms with Gasteiger partial charge in [-0.2, -0.15) is 0 Å². The smallest absolute Gasteiger partial charge is 0.303 e. The Morgan fingerprint density at radius 2 is 2.11 bits per heavy atom. The monoisotopic (exact) mass is 269 g/mol. The number of carbonyl (C=O) groups is 2. The lowest BCUT2D eigenvalue weighted by molar-refractivity contribution is -0.144. The topological polar surface area (TPSA) is 66.8 Å². The summed E-state index contributed by atoms with van der Waals surface area (Å²) in [6.07, 6.45) is 4.54. The quantitative estimate of drug-likeness (QED) is 0.843. The van der Waals surface area contributed by atoms with Crippen LogP contribution in [-0.4, -0.2) is 47.2 Å². The van der Waals surface area contributed by atoms with Crippen molar-refractivity contribution in [1.29, 1.82) is 0 Å². The predicted molar refractivity (Wildman–Crippen MR) is 69.7 cm³/mol. The van der Waals surface area contributed by atoms with Crippen LogP contribution in [0.2, 0.25) is 0 Å². The Hall–Kier alpha value is -1.10. The highest BCUT2D eigenvalue weighted by Crippen LogP contribution is 2.25. The number of carboxylic acids is 1. The van der Waals surface area contributed by atoms with Gasteiger partial charge in [0.2, 0.25) is 0 Å². The summed E-state index contributed by atoms with van der Waals surface area (Å²) in [5.41, 5.74) is 0. The molecule has 1 amide bonds. The molecular formula is C14H23NO4. The van der Waals surface area contributed by atoms with E-state index in [-0.39, 0.29) is 24.5 Å². The molecular weight excluding hydrogens is 246 g/mol. The third-order valence-electron chi connectivity index (χ3n) is 4.10. The molecule has 19 heavy (non-hydrogen) atoms. The van der Waals surface area contributed by atoms with Crippen LogP contribution in [0.5, 0.6) is 0 Å². The molecule has 3 atom stereocenters. The van der Waals surface area contributed by atoms with Gasteiger partial charge in [-0.25, -0.2) is 0 Å². The number of likely N-dealkylation sites (tertiary alicyclic amines) is 1. The summed E-state index contributed by atoms with van der Waals surface area (Å²) in [7, 11) is 0. The van der Waals surface area contributed by atoms with E-state index in [1.165, 1.54) is 0 Å². The van der Waals surface area contributed by atoms with Crippen LogP contribution in [-0.2, 0) is 14.3 Å². The van der Waals surface area contributed by atoms with E-state index < -0.39 is 5.97 Å². The second kappa shape index (κ2) is 6.37. The molecule has 0 aliphatic carbocycles. The minimum Gasteiger partial charge on any atom is -0.481 e. The highest BCUT2D eigenvalue weighted by atomic mass is 16.5. The zero-order valence-corrected chi connectivity index (χ0v) is 11.5. The standard InChI is InChI=1S/C14H23NO4/c1-10-4-6-12(19-10)14(18)15-8-2-3-11(9-15)5-7-13(16)17/h10-12H,2-9H2,1H3,(H,16,17)/t10-,11-,12+/m1/s1. The van der Waals surface area contributed by atoms with Crippen molar-refractivity contribution in [2.24, 2.45) is 5.92 Å². The van der Waals surface area contributed by atoms with E-state index in [1.807, 2.05) is 11.8 Å². The molecule has 0 radical (unpaired) electrons. The van der Waals surface area contributed by atoms with E-state index in [9.17, 15) is 9.59 Å². The molecule has 0 saturated carbocycles. The number of hydrogen-bond acceptors (Lipinski definition) is 3. The number of amides is 1. The molecule has 2 heterocycles. The molecule has 1 N–H and O–H groups in total. The van der Waals surface area contributed by atoms with Crippen molar-refractivity contribution in [3.05, 3.63) is 0 Å². The largest absolute Gasteiger partial charge is 0.481 e. The molecule has 0 aromatic rings. The Morgan fingerprint density at radius 3 is 2.74 bits per heavy atom. The molecule has 2 fully saturated rings. The van der Waals surface area contributed by atoms with Gasteiger partial charge < -0.3 is 14.7 Å². The molecule has 2 aliphatic rings.